The third-order valence-corrected chi connectivity index (χ3v) is 4.57. The van der Waals surface area contributed by atoms with Crippen LogP contribution in [0.25, 0.3) is 10.6 Å². The molecule has 0 radical (unpaired) electrons. The van der Waals surface area contributed by atoms with Crippen molar-refractivity contribution < 1.29 is 4.79 Å². The number of nitrogens with zero attached hydrogens (tertiary/aromatic N) is 1. The lowest BCUT2D eigenvalue weighted by molar-refractivity contribution is -0.122. The van der Waals surface area contributed by atoms with Gasteiger partial charge in [-0.15, -0.1) is 11.3 Å². The first-order valence-electron chi connectivity index (χ1n) is 6.72. The van der Waals surface area contributed by atoms with Crippen molar-refractivity contribution in [2.75, 3.05) is 12.0 Å². The summed E-state index contributed by atoms with van der Waals surface area (Å²) in [6, 6.07) is 9.57. The summed E-state index contributed by atoms with van der Waals surface area (Å²) in [6.07, 6.45) is 2.70. The number of benzene rings is 1. The molecule has 3 N–H and O–H groups in total. The molecule has 112 valence electrons. The van der Waals surface area contributed by atoms with Crippen molar-refractivity contribution in [3.05, 3.63) is 41.4 Å². The summed E-state index contributed by atoms with van der Waals surface area (Å²) in [6.45, 7) is 0.426. The third kappa shape index (κ3) is 4.84. The van der Waals surface area contributed by atoms with Crippen molar-refractivity contribution in [1.29, 1.82) is 0 Å². The van der Waals surface area contributed by atoms with Crippen LogP contribution in [0.3, 0.4) is 0 Å². The number of carbonyl (C=O) groups is 1. The Labute approximate surface area is 133 Å². The van der Waals surface area contributed by atoms with E-state index in [2.05, 4.69) is 10.3 Å². The van der Waals surface area contributed by atoms with Crippen LogP contribution in [0.5, 0.6) is 0 Å². The van der Waals surface area contributed by atoms with E-state index in [1.807, 2.05) is 42.0 Å². The molecule has 1 aromatic carbocycles. The summed E-state index contributed by atoms with van der Waals surface area (Å²) in [5, 5.41) is 5.78. The van der Waals surface area contributed by atoms with Gasteiger partial charge in [0.25, 0.3) is 0 Å². The molecule has 1 heterocycles. The van der Waals surface area contributed by atoms with Gasteiger partial charge in [0.2, 0.25) is 5.91 Å². The van der Waals surface area contributed by atoms with Gasteiger partial charge in [-0.25, -0.2) is 4.98 Å². The van der Waals surface area contributed by atoms with Crippen molar-refractivity contribution in [3.8, 4) is 10.6 Å². The van der Waals surface area contributed by atoms with Crippen molar-refractivity contribution in [2.24, 2.45) is 5.73 Å². The molecule has 0 saturated carbocycles. The number of hydrogen-bond donors (Lipinski definition) is 2. The second-order valence-electron chi connectivity index (χ2n) is 4.62. The zero-order valence-corrected chi connectivity index (χ0v) is 13.5. The van der Waals surface area contributed by atoms with Crippen molar-refractivity contribution in [3.63, 3.8) is 0 Å². The van der Waals surface area contributed by atoms with E-state index in [0.29, 0.717) is 13.0 Å². The highest BCUT2D eigenvalue weighted by Gasteiger charge is 2.13. The molecular weight excluding hydrogens is 302 g/mol. The minimum Gasteiger partial charge on any atom is -0.349 e. The van der Waals surface area contributed by atoms with Crippen LogP contribution in [0.4, 0.5) is 0 Å². The smallest absolute Gasteiger partial charge is 0.237 e. The van der Waals surface area contributed by atoms with Crippen LogP contribution in [0.15, 0.2) is 35.7 Å². The Kier molecular flexibility index (Phi) is 6.22. The Hall–Kier alpha value is -1.37. The molecule has 21 heavy (non-hydrogen) atoms. The average molecular weight is 321 g/mol. The van der Waals surface area contributed by atoms with Gasteiger partial charge in [-0.3, -0.25) is 4.79 Å². The zero-order valence-electron chi connectivity index (χ0n) is 11.9. The molecule has 2 rings (SSSR count). The maximum Gasteiger partial charge on any atom is 0.237 e. The lowest BCUT2D eigenvalue weighted by Gasteiger charge is -2.10. The monoisotopic (exact) mass is 321 g/mol. The van der Waals surface area contributed by atoms with Crippen LogP contribution in [0.1, 0.15) is 12.1 Å². The van der Waals surface area contributed by atoms with Gasteiger partial charge in [0.1, 0.15) is 5.01 Å². The van der Waals surface area contributed by atoms with Crippen LogP contribution in [0.2, 0.25) is 0 Å². The summed E-state index contributed by atoms with van der Waals surface area (Å²) < 4.78 is 0. The Bertz CT molecular complexity index is 571. The molecule has 4 nitrogen and oxygen atoms in total. The molecule has 0 bridgehead atoms. The number of carbonyl (C=O) groups excluding carboxylic acids is 1. The second-order valence-corrected chi connectivity index (χ2v) is 6.46. The molecular formula is C15H19N3OS2. The van der Waals surface area contributed by atoms with E-state index in [1.165, 1.54) is 0 Å². The van der Waals surface area contributed by atoms with Gasteiger partial charge in [-0.2, -0.15) is 11.8 Å². The van der Waals surface area contributed by atoms with Crippen LogP contribution in [-0.2, 0) is 11.3 Å². The Morgan fingerprint density at radius 2 is 2.19 bits per heavy atom. The molecule has 0 aliphatic rings. The van der Waals surface area contributed by atoms with Crippen LogP contribution >= 0.6 is 23.1 Å². The first kappa shape index (κ1) is 16.0. The highest BCUT2D eigenvalue weighted by Crippen LogP contribution is 2.23. The van der Waals surface area contributed by atoms with Gasteiger partial charge in [0.05, 0.1) is 18.3 Å². The molecule has 0 spiro atoms. The average Bonchev–Trinajstić information content (AvgIpc) is 3.00. The molecule has 0 saturated heterocycles. The molecule has 6 heteroatoms. The van der Waals surface area contributed by atoms with Gasteiger partial charge in [0.15, 0.2) is 0 Å². The van der Waals surface area contributed by atoms with Crippen molar-refractivity contribution >= 4 is 29.0 Å². The lowest BCUT2D eigenvalue weighted by atomic mass is 10.2. The minimum absolute atomic E-state index is 0.113. The molecule has 1 atom stereocenters. The first-order chi connectivity index (χ1) is 10.2. The normalized spacial score (nSPS) is 12.1. The SMILES string of the molecule is CSCC[C@H](N)C(=O)NCc1csc(-c2ccccc2)n1. The molecule has 2 aromatic rings. The van der Waals surface area contributed by atoms with Gasteiger partial charge in [0, 0.05) is 10.9 Å². The fourth-order valence-corrected chi connectivity index (χ4v) is 3.10. The quantitative estimate of drug-likeness (QED) is 0.822. The maximum atomic E-state index is 11.8. The van der Waals surface area contributed by atoms with E-state index < -0.39 is 6.04 Å². The number of nitrogens with two attached hydrogens (primary N) is 1. The Morgan fingerprint density at radius 1 is 1.43 bits per heavy atom. The van der Waals surface area contributed by atoms with E-state index in [9.17, 15) is 4.79 Å². The topological polar surface area (TPSA) is 68.0 Å². The van der Waals surface area contributed by atoms with E-state index >= 15 is 0 Å². The summed E-state index contributed by atoms with van der Waals surface area (Å²) >= 11 is 3.27. The zero-order chi connectivity index (χ0) is 15.1. The number of thioether (sulfide) groups is 1. The molecule has 0 aliphatic carbocycles. The van der Waals surface area contributed by atoms with Gasteiger partial charge in [-0.1, -0.05) is 30.3 Å². The highest BCUT2D eigenvalue weighted by atomic mass is 32.2. The largest absolute Gasteiger partial charge is 0.349 e. The predicted molar refractivity (Wildman–Crippen MR) is 90.4 cm³/mol. The number of nitrogens with one attached hydrogen (secondary N) is 1. The predicted octanol–water partition coefficient (Wildman–Crippen LogP) is 2.51. The summed E-state index contributed by atoms with van der Waals surface area (Å²) in [5.41, 5.74) is 7.78. The standard InChI is InChI=1S/C15H19N3OS2/c1-20-8-7-13(16)14(19)17-9-12-10-21-15(18-12)11-5-3-2-4-6-11/h2-6,10,13H,7-9,16H2,1H3,(H,17,19)/t13-/m0/s1. The third-order valence-electron chi connectivity index (χ3n) is 2.99. The molecule has 1 amide bonds. The van der Waals surface area contributed by atoms with E-state index in [0.717, 1.165) is 22.0 Å². The van der Waals surface area contributed by atoms with Gasteiger partial charge >= 0.3 is 0 Å². The molecule has 0 fully saturated rings. The maximum absolute atomic E-state index is 11.8. The highest BCUT2D eigenvalue weighted by molar-refractivity contribution is 7.98. The fourth-order valence-electron chi connectivity index (χ4n) is 1.79. The molecule has 1 aromatic heterocycles. The summed E-state index contributed by atoms with van der Waals surface area (Å²) in [7, 11) is 0. The number of thiazole rings is 1. The first-order valence-corrected chi connectivity index (χ1v) is 9.00. The Balaban J connectivity index is 1.87. The van der Waals surface area contributed by atoms with Crippen LogP contribution < -0.4 is 11.1 Å². The van der Waals surface area contributed by atoms with E-state index in [4.69, 9.17) is 5.73 Å². The van der Waals surface area contributed by atoms with Crippen molar-refractivity contribution in [1.82, 2.24) is 10.3 Å². The lowest BCUT2D eigenvalue weighted by Crippen LogP contribution is -2.40. The van der Waals surface area contributed by atoms with Crippen LogP contribution in [0, 0.1) is 0 Å². The number of rotatable bonds is 7. The molecule has 0 aliphatic heterocycles. The number of hydrogen-bond acceptors (Lipinski definition) is 5. The number of amides is 1. The van der Waals surface area contributed by atoms with E-state index in [-0.39, 0.29) is 5.91 Å². The second kappa shape index (κ2) is 8.17. The van der Waals surface area contributed by atoms with Gasteiger partial charge in [-0.05, 0) is 18.4 Å². The summed E-state index contributed by atoms with van der Waals surface area (Å²) in [5.74, 6) is 0.780. The van der Waals surface area contributed by atoms with Crippen molar-refractivity contribution in [2.45, 2.75) is 19.0 Å². The number of aromatic nitrogens is 1. The molecule has 0 unspecified atom stereocenters. The Morgan fingerprint density at radius 3 is 2.90 bits per heavy atom. The minimum atomic E-state index is -0.440. The fraction of sp³-hybridized carbons (Fsp3) is 0.333. The van der Waals surface area contributed by atoms with Gasteiger partial charge < -0.3 is 11.1 Å². The van der Waals surface area contributed by atoms with Crippen LogP contribution in [-0.4, -0.2) is 28.9 Å². The summed E-state index contributed by atoms with van der Waals surface area (Å²) in [4.78, 5) is 16.4. The van der Waals surface area contributed by atoms with E-state index in [1.54, 1.807) is 23.1 Å².